The molecule has 166 valence electrons. The Morgan fingerprint density at radius 2 is 1.48 bits per heavy atom. The van der Waals surface area contributed by atoms with E-state index in [9.17, 15) is 19.2 Å². The van der Waals surface area contributed by atoms with E-state index >= 15 is 0 Å². The number of carbonyl (C=O) groups excluding carboxylic acids is 4. The Bertz CT molecular complexity index is 1020. The second kappa shape index (κ2) is 8.53. The van der Waals surface area contributed by atoms with Crippen molar-refractivity contribution < 1.29 is 19.2 Å². The lowest BCUT2D eigenvalue weighted by molar-refractivity contribution is 0.0889. The van der Waals surface area contributed by atoms with Gasteiger partial charge in [0.05, 0.1) is 0 Å². The number of hydrogen-bond donors (Lipinski definition) is 4. The predicted octanol–water partition coefficient (Wildman–Crippen LogP) is 2.96. The number of Topliss-reactive ketones (excluding diaryl/α,β-unsaturated/α-hetero) is 2. The fourth-order valence-corrected chi connectivity index (χ4v) is 4.62. The Morgan fingerprint density at radius 1 is 0.968 bits per heavy atom. The van der Waals surface area contributed by atoms with E-state index in [1.807, 2.05) is 0 Å². The summed E-state index contributed by atoms with van der Waals surface area (Å²) in [4.78, 5) is 54.0. The zero-order valence-corrected chi connectivity index (χ0v) is 18.6. The minimum Gasteiger partial charge on any atom is -0.356 e. The molecule has 3 rings (SSSR count). The maximum absolute atomic E-state index is 12.8. The van der Waals surface area contributed by atoms with Crippen LogP contribution in [0.2, 0.25) is 0 Å². The van der Waals surface area contributed by atoms with Crippen LogP contribution in [0.15, 0.2) is 24.5 Å². The van der Waals surface area contributed by atoms with E-state index < -0.39 is 0 Å². The average Bonchev–Trinajstić information content (AvgIpc) is 3.39. The van der Waals surface area contributed by atoms with Gasteiger partial charge in [-0.2, -0.15) is 0 Å². The zero-order valence-electron chi connectivity index (χ0n) is 18.6. The highest BCUT2D eigenvalue weighted by Crippen LogP contribution is 2.45. The van der Waals surface area contributed by atoms with E-state index in [0.717, 1.165) is 6.42 Å². The maximum Gasteiger partial charge on any atom is 0.267 e. The van der Waals surface area contributed by atoms with Crippen molar-refractivity contribution in [3.63, 3.8) is 0 Å². The lowest BCUT2D eigenvalue weighted by Crippen LogP contribution is -2.47. The molecule has 31 heavy (non-hydrogen) atoms. The predicted molar refractivity (Wildman–Crippen MR) is 116 cm³/mol. The van der Waals surface area contributed by atoms with Gasteiger partial charge in [0.25, 0.3) is 11.8 Å². The number of nitrogens with one attached hydrogen (secondary N) is 4. The molecule has 1 aliphatic rings. The first-order valence-corrected chi connectivity index (χ1v) is 10.5. The Morgan fingerprint density at radius 3 is 1.97 bits per heavy atom. The number of carbonyl (C=O) groups is 4. The van der Waals surface area contributed by atoms with Crippen LogP contribution < -0.4 is 10.6 Å². The van der Waals surface area contributed by atoms with Crippen LogP contribution in [0.1, 0.15) is 82.7 Å². The number of hydrogen-bond acceptors (Lipinski definition) is 4. The van der Waals surface area contributed by atoms with Crippen LogP contribution in [0.25, 0.3) is 0 Å². The first-order valence-electron chi connectivity index (χ1n) is 10.5. The van der Waals surface area contributed by atoms with Gasteiger partial charge in [0, 0.05) is 42.0 Å². The van der Waals surface area contributed by atoms with Gasteiger partial charge in [0.2, 0.25) is 0 Å². The first kappa shape index (κ1) is 22.5. The van der Waals surface area contributed by atoms with Gasteiger partial charge < -0.3 is 20.6 Å². The molecule has 8 nitrogen and oxygen atoms in total. The van der Waals surface area contributed by atoms with Crippen LogP contribution in [0.5, 0.6) is 0 Å². The van der Waals surface area contributed by atoms with Gasteiger partial charge >= 0.3 is 0 Å². The van der Waals surface area contributed by atoms with Crippen molar-refractivity contribution in [2.75, 3.05) is 6.54 Å². The SMILES string of the molecule is CC(=O)c1c[nH]c(C(=O)NCC2C(NC(=O)c3cc(C(C)=O)c[nH]3)C(C)CC2(C)C)c1. The van der Waals surface area contributed by atoms with Gasteiger partial charge in [0.1, 0.15) is 11.4 Å². The molecule has 1 aliphatic carbocycles. The Balaban J connectivity index is 1.70. The molecule has 0 spiro atoms. The van der Waals surface area contributed by atoms with E-state index in [0.29, 0.717) is 29.1 Å². The average molecular weight is 427 g/mol. The molecule has 2 aromatic heterocycles. The van der Waals surface area contributed by atoms with E-state index in [1.54, 1.807) is 6.07 Å². The molecule has 8 heteroatoms. The van der Waals surface area contributed by atoms with Gasteiger partial charge in [-0.15, -0.1) is 0 Å². The number of aromatic nitrogens is 2. The summed E-state index contributed by atoms with van der Waals surface area (Å²) >= 11 is 0. The van der Waals surface area contributed by atoms with Crippen LogP contribution in [-0.4, -0.2) is 45.9 Å². The molecule has 2 amide bonds. The molecule has 0 aliphatic heterocycles. The summed E-state index contributed by atoms with van der Waals surface area (Å²) in [5, 5.41) is 6.05. The third-order valence-corrected chi connectivity index (χ3v) is 6.35. The van der Waals surface area contributed by atoms with Gasteiger partial charge in [-0.3, -0.25) is 19.2 Å². The zero-order chi connectivity index (χ0) is 22.9. The molecule has 4 N–H and O–H groups in total. The summed E-state index contributed by atoms with van der Waals surface area (Å²) in [7, 11) is 0. The summed E-state index contributed by atoms with van der Waals surface area (Å²) in [6.07, 6.45) is 3.95. The third kappa shape index (κ3) is 4.78. The topological polar surface area (TPSA) is 124 Å². The molecular formula is C23H30N4O4. The van der Waals surface area contributed by atoms with Crippen molar-refractivity contribution in [3.05, 3.63) is 47.0 Å². The van der Waals surface area contributed by atoms with E-state index in [-0.39, 0.29) is 46.7 Å². The number of amides is 2. The Labute approximate surface area is 181 Å². The summed E-state index contributed by atoms with van der Waals surface area (Å²) in [5.41, 5.74) is 1.50. The highest BCUT2D eigenvalue weighted by atomic mass is 16.2. The molecular weight excluding hydrogens is 396 g/mol. The summed E-state index contributed by atoms with van der Waals surface area (Å²) in [6, 6.07) is 2.96. The smallest absolute Gasteiger partial charge is 0.267 e. The Kier molecular flexibility index (Phi) is 6.20. The standard InChI is InChI=1S/C23H30N4O4/c1-12-8-23(4,5)17(11-26-21(30)18-6-15(9-24-18)13(2)28)20(12)27-22(31)19-7-16(10-25-19)14(3)29/h6-7,9-10,12,17,20,24-25H,8,11H2,1-5H3,(H,26,30)(H,27,31). The molecule has 1 saturated carbocycles. The summed E-state index contributed by atoms with van der Waals surface area (Å²) in [6.45, 7) is 9.65. The molecule has 3 atom stereocenters. The fourth-order valence-electron chi connectivity index (χ4n) is 4.62. The minimum atomic E-state index is -0.289. The fraction of sp³-hybridized carbons (Fsp3) is 0.478. The van der Waals surface area contributed by atoms with Crippen molar-refractivity contribution in [3.8, 4) is 0 Å². The van der Waals surface area contributed by atoms with Crippen LogP contribution in [0, 0.1) is 17.3 Å². The van der Waals surface area contributed by atoms with E-state index in [1.165, 1.54) is 32.3 Å². The molecule has 1 fully saturated rings. The van der Waals surface area contributed by atoms with E-state index in [4.69, 9.17) is 0 Å². The normalized spacial score (nSPS) is 22.2. The highest BCUT2D eigenvalue weighted by molar-refractivity contribution is 6.00. The summed E-state index contributed by atoms with van der Waals surface area (Å²) in [5.74, 6) is -0.542. The largest absolute Gasteiger partial charge is 0.356 e. The van der Waals surface area contributed by atoms with Crippen molar-refractivity contribution in [2.24, 2.45) is 17.3 Å². The van der Waals surface area contributed by atoms with Gasteiger partial charge in [0.15, 0.2) is 11.6 Å². The van der Waals surface area contributed by atoms with Crippen LogP contribution >= 0.6 is 0 Å². The lowest BCUT2D eigenvalue weighted by atomic mass is 9.80. The Hall–Kier alpha value is -3.16. The van der Waals surface area contributed by atoms with Gasteiger partial charge in [-0.25, -0.2) is 0 Å². The van der Waals surface area contributed by atoms with Crippen LogP contribution in [-0.2, 0) is 0 Å². The second-order valence-corrected chi connectivity index (χ2v) is 9.20. The lowest BCUT2D eigenvalue weighted by Gasteiger charge is -2.31. The molecule has 0 aromatic carbocycles. The maximum atomic E-state index is 12.8. The van der Waals surface area contributed by atoms with E-state index in [2.05, 4.69) is 41.4 Å². The highest BCUT2D eigenvalue weighted by Gasteiger charge is 2.47. The number of H-pyrrole nitrogens is 2. The molecule has 0 bridgehead atoms. The molecule has 2 heterocycles. The molecule has 2 aromatic rings. The number of rotatable bonds is 7. The molecule has 0 saturated heterocycles. The van der Waals surface area contributed by atoms with Crippen molar-refractivity contribution in [1.82, 2.24) is 20.6 Å². The van der Waals surface area contributed by atoms with Crippen LogP contribution in [0.3, 0.4) is 0 Å². The van der Waals surface area contributed by atoms with Gasteiger partial charge in [-0.1, -0.05) is 20.8 Å². The van der Waals surface area contributed by atoms with Gasteiger partial charge in [-0.05, 0) is 43.7 Å². The number of aromatic amines is 2. The van der Waals surface area contributed by atoms with Crippen molar-refractivity contribution in [2.45, 2.75) is 47.1 Å². The van der Waals surface area contributed by atoms with Crippen LogP contribution in [0.4, 0.5) is 0 Å². The second-order valence-electron chi connectivity index (χ2n) is 9.20. The summed E-state index contributed by atoms with van der Waals surface area (Å²) < 4.78 is 0. The quantitative estimate of drug-likeness (QED) is 0.508. The number of ketones is 2. The van der Waals surface area contributed by atoms with Crippen molar-refractivity contribution in [1.29, 1.82) is 0 Å². The first-order chi connectivity index (χ1) is 14.5. The monoisotopic (exact) mass is 426 g/mol. The molecule has 0 radical (unpaired) electrons. The molecule has 3 unspecified atom stereocenters. The minimum absolute atomic E-state index is 0.0138. The van der Waals surface area contributed by atoms with Crippen molar-refractivity contribution >= 4 is 23.4 Å². The third-order valence-electron chi connectivity index (χ3n) is 6.35.